The van der Waals surface area contributed by atoms with Crippen LogP contribution in [0.5, 0.6) is 0 Å². The number of hydrogen-bond donors (Lipinski definition) is 4. The summed E-state index contributed by atoms with van der Waals surface area (Å²) in [5, 5.41) is 30.2. The van der Waals surface area contributed by atoms with Crippen molar-refractivity contribution in [1.29, 1.82) is 0 Å². The average molecular weight is 492 g/mol. The number of anilines is 1. The first-order valence-electron chi connectivity index (χ1n) is 10.3. The number of nitrogens with zero attached hydrogens (tertiary/aromatic N) is 4. The van der Waals surface area contributed by atoms with Crippen LogP contribution in [0.15, 0.2) is 36.7 Å². The molecule has 3 aromatic rings. The van der Waals surface area contributed by atoms with Gasteiger partial charge in [-0.25, -0.2) is 14.6 Å². The van der Waals surface area contributed by atoms with Crippen molar-refractivity contribution < 1.29 is 34.4 Å². The van der Waals surface area contributed by atoms with Crippen LogP contribution in [-0.4, -0.2) is 71.2 Å². The topological polar surface area (TPSA) is 183 Å². The molecule has 4 rings (SSSR count). The average Bonchev–Trinajstić information content (AvgIpc) is 3.33. The highest BCUT2D eigenvalue weighted by atomic mass is 35.5. The maximum Gasteiger partial charge on any atom is 0.348 e. The zero-order chi connectivity index (χ0) is 24.6. The van der Waals surface area contributed by atoms with Gasteiger partial charge in [-0.05, 0) is 17.2 Å². The van der Waals surface area contributed by atoms with E-state index in [-0.39, 0.29) is 22.3 Å². The lowest BCUT2D eigenvalue weighted by Gasteiger charge is -2.27. The smallest absolute Gasteiger partial charge is 0.348 e. The quantitative estimate of drug-likeness (QED) is 0.261. The predicted molar refractivity (Wildman–Crippen MR) is 118 cm³/mol. The number of aliphatic hydroxyl groups is 1. The molecule has 0 amide bonds. The molecule has 5 N–H and O–H groups in total. The van der Waals surface area contributed by atoms with Crippen LogP contribution in [0.25, 0.3) is 11.2 Å². The Hall–Kier alpha value is -3.32. The van der Waals surface area contributed by atoms with Crippen LogP contribution < -0.4 is 5.73 Å². The minimum atomic E-state index is -2.54. The Kier molecular flexibility index (Phi) is 6.41. The third-order valence-electron chi connectivity index (χ3n) is 5.91. The number of imidazole rings is 1. The summed E-state index contributed by atoms with van der Waals surface area (Å²) >= 11 is 5.90. The normalized spacial score (nSPS) is 22.8. The van der Waals surface area contributed by atoms with Crippen molar-refractivity contribution in [3.63, 3.8) is 0 Å². The van der Waals surface area contributed by atoms with Crippen molar-refractivity contribution in [3.8, 4) is 0 Å². The van der Waals surface area contributed by atoms with Gasteiger partial charge in [0.1, 0.15) is 11.6 Å². The van der Waals surface area contributed by atoms with Gasteiger partial charge in [0, 0.05) is 12.3 Å². The monoisotopic (exact) mass is 491 g/mol. The van der Waals surface area contributed by atoms with Crippen LogP contribution in [0, 0.1) is 5.92 Å². The van der Waals surface area contributed by atoms with Crippen molar-refractivity contribution in [1.82, 2.24) is 19.5 Å². The van der Waals surface area contributed by atoms with Gasteiger partial charge in [0.15, 0.2) is 17.7 Å². The number of carbonyl (C=O) groups is 2. The first-order chi connectivity index (χ1) is 16.1. The van der Waals surface area contributed by atoms with Crippen LogP contribution >= 0.6 is 11.6 Å². The summed E-state index contributed by atoms with van der Waals surface area (Å²) in [6.45, 7) is 1.28. The molecule has 13 heteroatoms. The zero-order valence-electron chi connectivity index (χ0n) is 17.9. The Balaban J connectivity index is 1.57. The Morgan fingerprint density at radius 3 is 2.56 bits per heavy atom. The van der Waals surface area contributed by atoms with Gasteiger partial charge in [0.05, 0.1) is 19.0 Å². The largest absolute Gasteiger partial charge is 0.479 e. The summed E-state index contributed by atoms with van der Waals surface area (Å²) in [7, 11) is 0. The van der Waals surface area contributed by atoms with Gasteiger partial charge in [-0.1, -0.05) is 37.3 Å². The Morgan fingerprint density at radius 2 is 1.91 bits per heavy atom. The number of carboxylic acid groups (broad SMARTS) is 2. The molecule has 34 heavy (non-hydrogen) atoms. The van der Waals surface area contributed by atoms with E-state index in [4.69, 9.17) is 26.8 Å². The molecule has 180 valence electrons. The maximum atomic E-state index is 12.0. The van der Waals surface area contributed by atoms with Crippen LogP contribution in [-0.2, 0) is 25.5 Å². The van der Waals surface area contributed by atoms with Crippen molar-refractivity contribution >= 4 is 40.5 Å². The van der Waals surface area contributed by atoms with Gasteiger partial charge in [-0.3, -0.25) is 4.57 Å². The van der Waals surface area contributed by atoms with E-state index in [1.165, 1.54) is 10.9 Å². The van der Waals surface area contributed by atoms with E-state index in [0.29, 0.717) is 5.56 Å². The second kappa shape index (κ2) is 9.14. The summed E-state index contributed by atoms with van der Waals surface area (Å²) in [5.74, 6) is -3.78. The second-order valence-electron chi connectivity index (χ2n) is 8.03. The minimum absolute atomic E-state index is 0.0581. The number of aliphatic carboxylic acids is 2. The number of nitrogens with two attached hydrogens (primary N) is 1. The van der Waals surface area contributed by atoms with E-state index in [9.17, 15) is 24.9 Å². The molecule has 0 bridgehead atoms. The van der Waals surface area contributed by atoms with E-state index in [2.05, 4.69) is 15.0 Å². The highest BCUT2D eigenvalue weighted by molar-refractivity contribution is 6.28. The summed E-state index contributed by atoms with van der Waals surface area (Å²) in [5.41, 5.74) is 4.28. The third kappa shape index (κ3) is 4.16. The minimum Gasteiger partial charge on any atom is -0.479 e. The molecule has 1 unspecified atom stereocenters. The molecule has 0 radical (unpaired) electrons. The number of fused-ring (bicyclic) bond motifs is 1. The van der Waals surface area contributed by atoms with Gasteiger partial charge in [-0.15, -0.1) is 0 Å². The van der Waals surface area contributed by atoms with Crippen molar-refractivity contribution in [2.75, 3.05) is 12.3 Å². The van der Waals surface area contributed by atoms with E-state index >= 15 is 0 Å². The zero-order valence-corrected chi connectivity index (χ0v) is 18.7. The lowest BCUT2D eigenvalue weighted by atomic mass is 9.94. The number of rotatable bonds is 8. The van der Waals surface area contributed by atoms with Crippen LogP contribution in [0.2, 0.25) is 5.28 Å². The van der Waals surface area contributed by atoms with E-state index in [0.717, 1.165) is 0 Å². The molecule has 4 atom stereocenters. The standard InChI is InChI=1S/C21H22ClN5O7/c1-10-12(8-33-21(18(29)30,19(31)32)7-11-5-3-2-4-6-11)34-17(14(10)28)27-9-24-13-15(23)25-20(22)26-16(13)27/h2-6,9-10,12,14,17,28H,7-8H2,1H3,(H,29,30)(H,31,32)(H2,23,25,26)/t10?,12-,14-,17-/m1/s1. The van der Waals surface area contributed by atoms with Gasteiger partial charge in [0.25, 0.3) is 5.60 Å². The molecule has 3 heterocycles. The number of aliphatic hydroxyl groups excluding tert-OH is 1. The molecular weight excluding hydrogens is 470 g/mol. The maximum absolute atomic E-state index is 12.0. The van der Waals surface area contributed by atoms with Crippen molar-refractivity contribution in [2.45, 2.75) is 37.4 Å². The number of ether oxygens (including phenoxy) is 2. The summed E-state index contributed by atoms with van der Waals surface area (Å²) in [6.07, 6.45) is -1.91. The SMILES string of the molecule is CC1[C@@H](O)[C@H](n2cnc3c(N)nc(Cl)nc32)O[C@@H]1COC(Cc1ccccc1)(C(=O)O)C(=O)O. The lowest BCUT2D eigenvalue weighted by Crippen LogP contribution is -2.52. The number of benzene rings is 1. The molecule has 2 aromatic heterocycles. The fourth-order valence-corrected chi connectivity index (χ4v) is 4.08. The Morgan fingerprint density at radius 1 is 1.24 bits per heavy atom. The van der Waals surface area contributed by atoms with Gasteiger partial charge in [0.2, 0.25) is 5.28 Å². The third-order valence-corrected chi connectivity index (χ3v) is 6.08. The van der Waals surface area contributed by atoms with Crippen LogP contribution in [0.1, 0.15) is 18.7 Å². The highest BCUT2D eigenvalue weighted by Crippen LogP contribution is 2.36. The summed E-state index contributed by atoms with van der Waals surface area (Å²) in [6, 6.07) is 8.30. The second-order valence-corrected chi connectivity index (χ2v) is 8.37. The van der Waals surface area contributed by atoms with Gasteiger partial charge in [-0.2, -0.15) is 9.97 Å². The van der Waals surface area contributed by atoms with E-state index in [1.807, 2.05) is 0 Å². The number of nitrogen functional groups attached to an aromatic ring is 1. The molecule has 1 fully saturated rings. The first kappa shape index (κ1) is 23.8. The fourth-order valence-electron chi connectivity index (χ4n) is 3.91. The predicted octanol–water partition coefficient (Wildman–Crippen LogP) is 1.12. The molecule has 0 spiro atoms. The lowest BCUT2D eigenvalue weighted by molar-refractivity contribution is -0.189. The number of aromatic nitrogens is 4. The molecule has 1 aromatic carbocycles. The Bertz CT molecular complexity index is 1210. The van der Waals surface area contributed by atoms with Gasteiger partial charge >= 0.3 is 11.9 Å². The summed E-state index contributed by atoms with van der Waals surface area (Å²) < 4.78 is 12.9. The molecule has 12 nitrogen and oxygen atoms in total. The first-order valence-corrected chi connectivity index (χ1v) is 10.7. The molecule has 1 saturated heterocycles. The van der Waals surface area contributed by atoms with E-state index < -0.39 is 54.9 Å². The fraction of sp³-hybridized carbons (Fsp3) is 0.381. The van der Waals surface area contributed by atoms with Crippen molar-refractivity contribution in [3.05, 3.63) is 47.5 Å². The molecule has 1 aliphatic rings. The van der Waals surface area contributed by atoms with Crippen LogP contribution in [0.3, 0.4) is 0 Å². The summed E-state index contributed by atoms with van der Waals surface area (Å²) in [4.78, 5) is 36.1. The molecule has 1 aliphatic heterocycles. The highest BCUT2D eigenvalue weighted by Gasteiger charge is 2.51. The Labute approximate surface area is 197 Å². The number of carboxylic acids is 2. The van der Waals surface area contributed by atoms with Gasteiger partial charge < -0.3 is 30.5 Å². The molecule has 0 aliphatic carbocycles. The number of hydrogen-bond acceptors (Lipinski definition) is 9. The van der Waals surface area contributed by atoms with E-state index in [1.54, 1.807) is 37.3 Å². The number of halogens is 1. The molecular formula is C21H22ClN5O7. The van der Waals surface area contributed by atoms with Crippen LogP contribution in [0.4, 0.5) is 5.82 Å². The molecule has 0 saturated carbocycles. The van der Waals surface area contributed by atoms with Crippen molar-refractivity contribution in [2.24, 2.45) is 5.92 Å².